The lowest BCUT2D eigenvalue weighted by Crippen LogP contribution is -2.21. The van der Waals surface area contributed by atoms with Crippen molar-refractivity contribution in [2.45, 2.75) is 11.8 Å². The van der Waals surface area contributed by atoms with E-state index in [4.69, 9.17) is 0 Å². The van der Waals surface area contributed by atoms with Crippen LogP contribution in [0.15, 0.2) is 16.7 Å². The Kier molecular flexibility index (Phi) is 3.72. The smallest absolute Gasteiger partial charge is 0.238 e. The maximum Gasteiger partial charge on any atom is 0.238 e. The number of H-pyrrole nitrogens is 1. The van der Waals surface area contributed by atoms with Crippen LogP contribution in [-0.2, 0) is 4.79 Å². The fourth-order valence-electron chi connectivity index (χ4n) is 1.52. The Labute approximate surface area is 118 Å². The Morgan fingerprint density at radius 2 is 2.17 bits per heavy atom. The molecule has 0 aliphatic rings. The molecule has 1 unspecified atom stereocenters. The van der Waals surface area contributed by atoms with E-state index >= 15 is 0 Å². The number of anilines is 1. The molecule has 0 aliphatic heterocycles. The number of alkyl halides is 1. The Morgan fingerprint density at radius 1 is 1.50 bits per heavy atom. The molecule has 1 aromatic carbocycles. The predicted octanol–water partition coefficient (Wildman–Crippen LogP) is 3.93. The van der Waals surface area contributed by atoms with Crippen LogP contribution in [-0.4, -0.2) is 15.7 Å². The summed E-state index contributed by atoms with van der Waals surface area (Å²) in [4.78, 5) is 13.7. The van der Waals surface area contributed by atoms with Crippen LogP contribution in [0, 0.1) is 11.6 Å². The van der Waals surface area contributed by atoms with Crippen LogP contribution in [0.5, 0.6) is 0 Å². The number of aromatic nitrogens is 1. The lowest BCUT2D eigenvalue weighted by molar-refractivity contribution is -0.115. The van der Waals surface area contributed by atoms with Crippen LogP contribution in [0.1, 0.15) is 6.92 Å². The minimum absolute atomic E-state index is 0.0698. The zero-order valence-corrected chi connectivity index (χ0v) is 12.3. The number of rotatable bonds is 2. The van der Waals surface area contributed by atoms with Crippen molar-refractivity contribution < 1.29 is 13.6 Å². The maximum atomic E-state index is 13.9. The zero-order chi connectivity index (χ0) is 13.4. The number of benzene rings is 1. The van der Waals surface area contributed by atoms with Gasteiger partial charge in [-0.3, -0.25) is 4.79 Å². The van der Waals surface area contributed by atoms with Gasteiger partial charge in [0.15, 0.2) is 5.82 Å². The Morgan fingerprint density at radius 3 is 2.78 bits per heavy atom. The van der Waals surface area contributed by atoms with Crippen molar-refractivity contribution in [3.05, 3.63) is 28.4 Å². The molecule has 2 N–H and O–H groups in total. The Bertz CT molecular complexity index is 625. The lowest BCUT2D eigenvalue weighted by atomic mass is 10.2. The van der Waals surface area contributed by atoms with Crippen molar-refractivity contribution in [3.63, 3.8) is 0 Å². The quantitative estimate of drug-likeness (QED) is 0.760. The van der Waals surface area contributed by atoms with Gasteiger partial charge in [-0.05, 0) is 28.9 Å². The first-order valence-electron chi connectivity index (χ1n) is 5.01. The van der Waals surface area contributed by atoms with Gasteiger partial charge in [0.1, 0.15) is 11.5 Å². The molecule has 0 radical (unpaired) electrons. The van der Waals surface area contributed by atoms with E-state index in [9.17, 15) is 13.6 Å². The van der Waals surface area contributed by atoms with E-state index in [1.807, 2.05) is 0 Å². The van der Waals surface area contributed by atoms with Crippen LogP contribution in [0.2, 0.25) is 0 Å². The van der Waals surface area contributed by atoms with Crippen LogP contribution in [0.4, 0.5) is 14.5 Å². The van der Waals surface area contributed by atoms with Gasteiger partial charge in [0, 0.05) is 11.6 Å². The lowest BCUT2D eigenvalue weighted by Gasteiger charge is -2.10. The van der Waals surface area contributed by atoms with Crippen molar-refractivity contribution in [2.75, 3.05) is 5.32 Å². The molecule has 96 valence electrons. The first-order valence-corrected chi connectivity index (χ1v) is 6.72. The highest BCUT2D eigenvalue weighted by Crippen LogP contribution is 2.33. The van der Waals surface area contributed by atoms with Crippen molar-refractivity contribution in [2.24, 2.45) is 0 Å². The van der Waals surface area contributed by atoms with Crippen LogP contribution >= 0.6 is 31.9 Å². The summed E-state index contributed by atoms with van der Waals surface area (Å²) in [6, 6.07) is 1.32. The summed E-state index contributed by atoms with van der Waals surface area (Å²) in [5, 5.41) is 2.63. The second-order valence-electron chi connectivity index (χ2n) is 3.71. The molecular formula is C11H8Br2F2N2O. The highest BCUT2D eigenvalue weighted by Gasteiger charge is 2.19. The number of fused-ring (bicyclic) bond motifs is 1. The summed E-state index contributed by atoms with van der Waals surface area (Å²) in [5.74, 6) is -1.57. The molecule has 1 heterocycles. The highest BCUT2D eigenvalue weighted by atomic mass is 79.9. The number of carbonyl (C=O) groups is 1. The molecule has 0 bridgehead atoms. The van der Waals surface area contributed by atoms with Gasteiger partial charge < -0.3 is 10.3 Å². The van der Waals surface area contributed by atoms with Crippen molar-refractivity contribution in [3.8, 4) is 0 Å². The number of carbonyl (C=O) groups excluding carboxylic acids is 1. The van der Waals surface area contributed by atoms with Crippen LogP contribution in [0.25, 0.3) is 10.9 Å². The van der Waals surface area contributed by atoms with Gasteiger partial charge in [0.2, 0.25) is 5.91 Å². The molecule has 1 aromatic heterocycles. The minimum Gasteiger partial charge on any atom is -0.357 e. The summed E-state index contributed by atoms with van der Waals surface area (Å²) in [5.41, 5.74) is 0.147. The van der Waals surface area contributed by atoms with E-state index in [1.54, 1.807) is 6.92 Å². The second-order valence-corrected chi connectivity index (χ2v) is 5.94. The summed E-state index contributed by atoms with van der Waals surface area (Å²) >= 11 is 6.07. The maximum absolute atomic E-state index is 13.9. The molecule has 1 amide bonds. The predicted molar refractivity (Wildman–Crippen MR) is 72.9 cm³/mol. The number of hydrogen-bond acceptors (Lipinski definition) is 1. The molecule has 2 aromatic rings. The molecule has 0 saturated carbocycles. The average Bonchev–Trinajstić information content (AvgIpc) is 2.66. The number of amides is 1. The molecule has 7 heteroatoms. The molecule has 1 atom stereocenters. The van der Waals surface area contributed by atoms with Gasteiger partial charge in [-0.15, -0.1) is 0 Å². The topological polar surface area (TPSA) is 44.9 Å². The largest absolute Gasteiger partial charge is 0.357 e. The van der Waals surface area contributed by atoms with E-state index in [-0.39, 0.29) is 21.1 Å². The summed E-state index contributed by atoms with van der Waals surface area (Å²) in [6.07, 6.45) is 1.11. The van der Waals surface area contributed by atoms with Crippen molar-refractivity contribution in [1.29, 1.82) is 0 Å². The van der Waals surface area contributed by atoms with Gasteiger partial charge >= 0.3 is 0 Å². The van der Waals surface area contributed by atoms with Gasteiger partial charge in [-0.1, -0.05) is 15.9 Å². The normalized spacial score (nSPS) is 12.7. The van der Waals surface area contributed by atoms with E-state index in [0.717, 1.165) is 6.20 Å². The number of aromatic amines is 1. The summed E-state index contributed by atoms with van der Waals surface area (Å²) < 4.78 is 27.5. The molecule has 2 rings (SSSR count). The monoisotopic (exact) mass is 380 g/mol. The summed E-state index contributed by atoms with van der Waals surface area (Å²) in [7, 11) is 0. The zero-order valence-electron chi connectivity index (χ0n) is 9.15. The SMILES string of the molecule is CC(Br)C(=O)Nc1c(F)c(Br)cc2c(F)c[nH]c12. The highest BCUT2D eigenvalue weighted by molar-refractivity contribution is 9.10. The molecule has 18 heavy (non-hydrogen) atoms. The minimum atomic E-state index is -0.647. The molecular weight excluding hydrogens is 374 g/mol. The molecule has 0 aliphatic carbocycles. The molecule has 0 spiro atoms. The third kappa shape index (κ3) is 2.29. The van der Waals surface area contributed by atoms with Crippen molar-refractivity contribution in [1.82, 2.24) is 4.98 Å². The average molecular weight is 382 g/mol. The number of nitrogens with one attached hydrogen (secondary N) is 2. The third-order valence-corrected chi connectivity index (χ3v) is 3.42. The van der Waals surface area contributed by atoms with Crippen LogP contribution < -0.4 is 5.32 Å². The molecule has 3 nitrogen and oxygen atoms in total. The Balaban J connectivity index is 2.60. The van der Waals surface area contributed by atoms with Gasteiger partial charge in [0.25, 0.3) is 0 Å². The van der Waals surface area contributed by atoms with Crippen LogP contribution in [0.3, 0.4) is 0 Å². The van der Waals surface area contributed by atoms with E-state index in [1.165, 1.54) is 6.07 Å². The Hall–Kier alpha value is -0.950. The van der Waals surface area contributed by atoms with E-state index < -0.39 is 22.4 Å². The third-order valence-electron chi connectivity index (χ3n) is 2.43. The van der Waals surface area contributed by atoms with Gasteiger partial charge in [0.05, 0.1) is 14.8 Å². The molecule has 0 fully saturated rings. The van der Waals surface area contributed by atoms with E-state index in [2.05, 4.69) is 42.2 Å². The number of halogens is 4. The standard InChI is InChI=1S/C11H8Br2F2N2O/c1-4(12)11(18)17-10-8(15)6(13)2-5-7(14)3-16-9(5)10/h2-4,16H,1H3,(H,17,18). The molecule has 0 saturated heterocycles. The second kappa shape index (κ2) is 4.97. The van der Waals surface area contributed by atoms with Crippen molar-refractivity contribution >= 4 is 54.4 Å². The van der Waals surface area contributed by atoms with Gasteiger partial charge in [-0.25, -0.2) is 8.78 Å². The van der Waals surface area contributed by atoms with Gasteiger partial charge in [-0.2, -0.15) is 0 Å². The fourth-order valence-corrected chi connectivity index (χ4v) is 2.06. The first-order chi connectivity index (χ1) is 8.41. The summed E-state index contributed by atoms with van der Waals surface area (Å²) in [6.45, 7) is 1.61. The fraction of sp³-hybridized carbons (Fsp3) is 0.182. The first kappa shape index (κ1) is 13.5. The van der Waals surface area contributed by atoms with E-state index in [0.29, 0.717) is 0 Å². The number of hydrogen-bond donors (Lipinski definition) is 2.